The lowest BCUT2D eigenvalue weighted by Gasteiger charge is -2.29. The number of nitrogens with one attached hydrogen (secondary N) is 1. The molecule has 0 saturated carbocycles. The highest BCUT2D eigenvalue weighted by Crippen LogP contribution is 2.26. The molecule has 0 radical (unpaired) electrons. The lowest BCUT2D eigenvalue weighted by Crippen LogP contribution is -2.37. The summed E-state index contributed by atoms with van der Waals surface area (Å²) >= 11 is 0. The van der Waals surface area contributed by atoms with Gasteiger partial charge in [-0.05, 0) is 38.4 Å². The third-order valence-corrected chi connectivity index (χ3v) is 5.28. The zero-order valence-corrected chi connectivity index (χ0v) is 15.8. The Labute approximate surface area is 160 Å². The van der Waals surface area contributed by atoms with E-state index in [0.717, 1.165) is 36.5 Å². The molecule has 6 nitrogen and oxygen atoms in total. The molecule has 142 valence electrons. The number of hydrogen-bond acceptors (Lipinski definition) is 5. The first-order valence-electron chi connectivity index (χ1n) is 9.85. The van der Waals surface area contributed by atoms with Crippen molar-refractivity contribution < 1.29 is 9.53 Å². The van der Waals surface area contributed by atoms with E-state index in [2.05, 4.69) is 10.3 Å². The first kappa shape index (κ1) is 17.9. The monoisotopic (exact) mass is 366 g/mol. The molecule has 0 spiro atoms. The average Bonchev–Trinajstić information content (AvgIpc) is 2.74. The molecule has 4 rings (SSSR count). The second-order valence-electron chi connectivity index (χ2n) is 7.11. The molecule has 1 atom stereocenters. The van der Waals surface area contributed by atoms with Crippen LogP contribution in [0.3, 0.4) is 0 Å². The maximum atomic E-state index is 13.0. The van der Waals surface area contributed by atoms with Crippen LogP contribution >= 0.6 is 0 Å². The maximum absolute atomic E-state index is 13.0. The second-order valence-corrected chi connectivity index (χ2v) is 7.11. The van der Waals surface area contributed by atoms with Crippen LogP contribution in [0, 0.1) is 0 Å². The lowest BCUT2D eigenvalue weighted by molar-refractivity contribution is 0.0729. The summed E-state index contributed by atoms with van der Waals surface area (Å²) in [5.41, 5.74) is 2.74. The van der Waals surface area contributed by atoms with E-state index in [-0.39, 0.29) is 11.9 Å². The van der Waals surface area contributed by atoms with E-state index in [9.17, 15) is 4.79 Å². The molecule has 0 aliphatic carbocycles. The van der Waals surface area contributed by atoms with Crippen molar-refractivity contribution in [1.82, 2.24) is 20.2 Å². The second kappa shape index (κ2) is 8.05. The van der Waals surface area contributed by atoms with Crippen LogP contribution in [0.1, 0.15) is 59.7 Å². The Morgan fingerprint density at radius 2 is 2.22 bits per heavy atom. The molecule has 1 fully saturated rings. The summed E-state index contributed by atoms with van der Waals surface area (Å²) in [5.74, 6) is 1.54. The van der Waals surface area contributed by atoms with Crippen LogP contribution < -0.4 is 10.1 Å². The van der Waals surface area contributed by atoms with Crippen molar-refractivity contribution in [3.63, 3.8) is 0 Å². The summed E-state index contributed by atoms with van der Waals surface area (Å²) < 4.78 is 5.62. The van der Waals surface area contributed by atoms with Gasteiger partial charge in [0.25, 0.3) is 5.91 Å². The van der Waals surface area contributed by atoms with Crippen molar-refractivity contribution in [3.8, 4) is 5.75 Å². The molecular formula is C21H26N4O2. The van der Waals surface area contributed by atoms with Gasteiger partial charge >= 0.3 is 0 Å². The van der Waals surface area contributed by atoms with Crippen LogP contribution in [0.5, 0.6) is 5.75 Å². The molecule has 2 aromatic rings. The Hall–Kier alpha value is -2.47. The molecule has 2 aliphatic heterocycles. The minimum Gasteiger partial charge on any atom is -0.493 e. The predicted molar refractivity (Wildman–Crippen MR) is 103 cm³/mol. The largest absolute Gasteiger partial charge is 0.493 e. The SMILES string of the molecule is CCOc1ccccc1C(=O)N1CCc2nc([C@@H]3CCCCN3)ncc2C1. The summed E-state index contributed by atoms with van der Waals surface area (Å²) in [6.07, 6.45) is 6.21. The molecule has 0 bridgehead atoms. The van der Waals surface area contributed by atoms with Crippen molar-refractivity contribution >= 4 is 5.91 Å². The number of hydrogen-bond donors (Lipinski definition) is 1. The van der Waals surface area contributed by atoms with Crippen LogP contribution in [0.25, 0.3) is 0 Å². The number of piperidine rings is 1. The number of nitrogens with zero attached hydrogens (tertiary/aromatic N) is 3. The van der Waals surface area contributed by atoms with Crippen LogP contribution in [0.2, 0.25) is 0 Å². The summed E-state index contributed by atoms with van der Waals surface area (Å²) in [7, 11) is 0. The molecular weight excluding hydrogens is 340 g/mol. The molecule has 3 heterocycles. The van der Waals surface area contributed by atoms with E-state index in [4.69, 9.17) is 9.72 Å². The summed E-state index contributed by atoms with van der Waals surface area (Å²) in [6, 6.07) is 7.71. The van der Waals surface area contributed by atoms with E-state index in [0.29, 0.717) is 31.0 Å². The molecule has 1 amide bonds. The number of ether oxygens (including phenoxy) is 1. The number of para-hydroxylation sites is 1. The molecule has 2 aliphatic rings. The van der Waals surface area contributed by atoms with E-state index in [1.165, 1.54) is 12.8 Å². The number of fused-ring (bicyclic) bond motifs is 1. The molecule has 1 N–H and O–H groups in total. The smallest absolute Gasteiger partial charge is 0.257 e. The van der Waals surface area contributed by atoms with Gasteiger partial charge in [-0.1, -0.05) is 18.6 Å². The first-order valence-corrected chi connectivity index (χ1v) is 9.85. The fraction of sp³-hybridized carbons (Fsp3) is 0.476. The van der Waals surface area contributed by atoms with Crippen LogP contribution in [0.4, 0.5) is 0 Å². The van der Waals surface area contributed by atoms with Gasteiger partial charge in [0, 0.05) is 31.3 Å². The van der Waals surface area contributed by atoms with Gasteiger partial charge in [0.15, 0.2) is 0 Å². The maximum Gasteiger partial charge on any atom is 0.257 e. The van der Waals surface area contributed by atoms with Crippen molar-refractivity contribution in [2.45, 2.75) is 45.2 Å². The van der Waals surface area contributed by atoms with Gasteiger partial charge < -0.3 is 15.0 Å². The van der Waals surface area contributed by atoms with Gasteiger partial charge in [0.05, 0.1) is 23.9 Å². The number of carbonyl (C=O) groups is 1. The standard InChI is InChI=1S/C21H26N4O2/c1-2-27-19-9-4-3-7-16(19)21(26)25-12-10-17-15(14-25)13-23-20(24-17)18-8-5-6-11-22-18/h3-4,7,9,13,18,22H,2,5-6,8,10-12,14H2,1H3/t18-/m0/s1. The zero-order valence-electron chi connectivity index (χ0n) is 15.8. The predicted octanol–water partition coefficient (Wildman–Crippen LogP) is 2.89. The number of rotatable bonds is 4. The summed E-state index contributed by atoms with van der Waals surface area (Å²) in [6.45, 7) is 4.72. The zero-order chi connectivity index (χ0) is 18.6. The molecule has 6 heteroatoms. The van der Waals surface area contributed by atoms with Crippen molar-refractivity contribution in [2.75, 3.05) is 19.7 Å². The number of carbonyl (C=O) groups excluding carboxylic acids is 1. The van der Waals surface area contributed by atoms with Crippen molar-refractivity contribution in [3.05, 3.63) is 53.1 Å². The third kappa shape index (κ3) is 3.81. The van der Waals surface area contributed by atoms with Gasteiger partial charge in [-0.25, -0.2) is 9.97 Å². The summed E-state index contributed by atoms with van der Waals surface area (Å²) in [4.78, 5) is 24.3. The fourth-order valence-electron chi connectivity index (χ4n) is 3.84. The molecule has 1 aromatic heterocycles. The Morgan fingerprint density at radius 1 is 1.33 bits per heavy atom. The van der Waals surface area contributed by atoms with Crippen LogP contribution in [-0.2, 0) is 13.0 Å². The van der Waals surface area contributed by atoms with Gasteiger partial charge in [-0.15, -0.1) is 0 Å². The lowest BCUT2D eigenvalue weighted by atomic mass is 10.0. The van der Waals surface area contributed by atoms with E-state index in [1.54, 1.807) is 0 Å². The molecule has 27 heavy (non-hydrogen) atoms. The molecule has 0 unspecified atom stereocenters. The van der Waals surface area contributed by atoms with Gasteiger partial charge in [-0.2, -0.15) is 0 Å². The topological polar surface area (TPSA) is 67.3 Å². The minimum absolute atomic E-state index is 0.00252. The first-order chi connectivity index (χ1) is 13.3. The van der Waals surface area contributed by atoms with E-state index >= 15 is 0 Å². The highest BCUT2D eigenvalue weighted by molar-refractivity contribution is 5.97. The quantitative estimate of drug-likeness (QED) is 0.901. The highest BCUT2D eigenvalue weighted by Gasteiger charge is 2.26. The Kier molecular flexibility index (Phi) is 5.34. The molecule has 1 aromatic carbocycles. The normalized spacial score (nSPS) is 19.4. The van der Waals surface area contributed by atoms with E-state index < -0.39 is 0 Å². The summed E-state index contributed by atoms with van der Waals surface area (Å²) in [5, 5.41) is 3.51. The number of amides is 1. The van der Waals surface area contributed by atoms with Gasteiger partial charge in [-0.3, -0.25) is 4.79 Å². The van der Waals surface area contributed by atoms with Crippen LogP contribution in [-0.4, -0.2) is 40.5 Å². The van der Waals surface area contributed by atoms with Crippen LogP contribution in [0.15, 0.2) is 30.5 Å². The number of aromatic nitrogens is 2. The van der Waals surface area contributed by atoms with Crippen molar-refractivity contribution in [1.29, 1.82) is 0 Å². The fourth-order valence-corrected chi connectivity index (χ4v) is 3.84. The van der Waals surface area contributed by atoms with Gasteiger partial charge in [0.1, 0.15) is 11.6 Å². The Morgan fingerprint density at radius 3 is 3.04 bits per heavy atom. The average molecular weight is 366 g/mol. The third-order valence-electron chi connectivity index (χ3n) is 5.28. The van der Waals surface area contributed by atoms with Gasteiger partial charge in [0.2, 0.25) is 0 Å². The number of benzene rings is 1. The minimum atomic E-state index is 0.00252. The molecule has 1 saturated heterocycles. The Balaban J connectivity index is 1.51. The van der Waals surface area contributed by atoms with Crippen molar-refractivity contribution in [2.24, 2.45) is 0 Å². The highest BCUT2D eigenvalue weighted by atomic mass is 16.5. The Bertz CT molecular complexity index is 818. The van der Waals surface area contributed by atoms with E-state index in [1.807, 2.05) is 42.3 Å².